The summed E-state index contributed by atoms with van der Waals surface area (Å²) in [5, 5.41) is 2.22. The van der Waals surface area contributed by atoms with Crippen molar-refractivity contribution in [1.82, 2.24) is 10.9 Å². The van der Waals surface area contributed by atoms with Crippen molar-refractivity contribution >= 4 is 49.9 Å². The van der Waals surface area contributed by atoms with E-state index in [0.29, 0.717) is 4.88 Å². The van der Waals surface area contributed by atoms with E-state index >= 15 is 0 Å². The fourth-order valence-corrected chi connectivity index (χ4v) is 3.48. The molecule has 0 fully saturated rings. The molecule has 3 aromatic rings. The van der Waals surface area contributed by atoms with Crippen LogP contribution in [0.5, 0.6) is 0 Å². The SMILES string of the molecule is O=C(Cc1ccc2ccccc2c1)NNC(=O)c1ccc(Br)s1. The molecular formula is C17H13BrN2O2S. The first-order valence-corrected chi connectivity index (χ1v) is 8.55. The van der Waals surface area contributed by atoms with E-state index in [9.17, 15) is 9.59 Å². The lowest BCUT2D eigenvalue weighted by Gasteiger charge is -2.07. The molecule has 23 heavy (non-hydrogen) atoms. The maximum Gasteiger partial charge on any atom is 0.279 e. The number of hydrazine groups is 1. The smallest absolute Gasteiger partial charge is 0.273 e. The summed E-state index contributed by atoms with van der Waals surface area (Å²) in [6.45, 7) is 0. The van der Waals surface area contributed by atoms with E-state index in [1.807, 2.05) is 42.5 Å². The van der Waals surface area contributed by atoms with Crippen LogP contribution in [0.4, 0.5) is 0 Å². The highest BCUT2D eigenvalue weighted by atomic mass is 79.9. The minimum Gasteiger partial charge on any atom is -0.273 e. The summed E-state index contributed by atoms with van der Waals surface area (Å²) in [6.07, 6.45) is 0.208. The van der Waals surface area contributed by atoms with Gasteiger partial charge in [-0.3, -0.25) is 20.4 Å². The number of carbonyl (C=O) groups is 2. The maximum atomic E-state index is 12.0. The molecule has 1 heterocycles. The Morgan fingerprint density at radius 3 is 2.48 bits per heavy atom. The van der Waals surface area contributed by atoms with Gasteiger partial charge in [0, 0.05) is 0 Å². The molecule has 0 radical (unpaired) electrons. The second kappa shape index (κ2) is 6.93. The summed E-state index contributed by atoms with van der Waals surface area (Å²) in [7, 11) is 0. The third-order valence-corrected chi connectivity index (χ3v) is 4.91. The molecule has 2 N–H and O–H groups in total. The van der Waals surface area contributed by atoms with Gasteiger partial charge in [0.1, 0.15) is 0 Å². The number of benzene rings is 2. The Hall–Kier alpha value is -2.18. The van der Waals surface area contributed by atoms with E-state index in [2.05, 4.69) is 26.8 Å². The van der Waals surface area contributed by atoms with Crippen LogP contribution < -0.4 is 10.9 Å². The van der Waals surface area contributed by atoms with Gasteiger partial charge in [0.25, 0.3) is 5.91 Å². The molecule has 0 bridgehead atoms. The summed E-state index contributed by atoms with van der Waals surface area (Å²) in [5.74, 6) is -0.586. The Morgan fingerprint density at radius 2 is 1.74 bits per heavy atom. The summed E-state index contributed by atoms with van der Waals surface area (Å²) in [4.78, 5) is 24.3. The van der Waals surface area contributed by atoms with Crippen molar-refractivity contribution < 1.29 is 9.59 Å². The summed E-state index contributed by atoms with van der Waals surface area (Å²) < 4.78 is 0.866. The lowest BCUT2D eigenvalue weighted by molar-refractivity contribution is -0.121. The quantitative estimate of drug-likeness (QED) is 0.672. The second-order valence-corrected chi connectivity index (χ2v) is 7.43. The number of rotatable bonds is 3. The number of thiophene rings is 1. The number of hydrogen-bond acceptors (Lipinski definition) is 3. The lowest BCUT2D eigenvalue weighted by Crippen LogP contribution is -2.42. The van der Waals surface area contributed by atoms with Crippen LogP contribution in [0.3, 0.4) is 0 Å². The van der Waals surface area contributed by atoms with Gasteiger partial charge < -0.3 is 0 Å². The van der Waals surface area contributed by atoms with Gasteiger partial charge in [0.2, 0.25) is 5.91 Å². The monoisotopic (exact) mass is 388 g/mol. The minimum absolute atomic E-state index is 0.208. The van der Waals surface area contributed by atoms with Crippen molar-refractivity contribution in [3.8, 4) is 0 Å². The van der Waals surface area contributed by atoms with Gasteiger partial charge in [0.05, 0.1) is 15.1 Å². The molecule has 4 nitrogen and oxygen atoms in total. The summed E-state index contributed by atoms with van der Waals surface area (Å²) in [5.41, 5.74) is 5.76. The van der Waals surface area contributed by atoms with Gasteiger partial charge in [0.15, 0.2) is 0 Å². The van der Waals surface area contributed by atoms with Crippen molar-refractivity contribution in [3.63, 3.8) is 0 Å². The maximum absolute atomic E-state index is 12.0. The van der Waals surface area contributed by atoms with Crippen LogP contribution in [0, 0.1) is 0 Å². The number of nitrogens with one attached hydrogen (secondary N) is 2. The van der Waals surface area contributed by atoms with Crippen LogP contribution >= 0.6 is 27.3 Å². The van der Waals surface area contributed by atoms with Gasteiger partial charge in [-0.2, -0.15) is 0 Å². The molecule has 116 valence electrons. The Kier molecular flexibility index (Phi) is 4.73. The highest BCUT2D eigenvalue weighted by Gasteiger charge is 2.10. The largest absolute Gasteiger partial charge is 0.279 e. The highest BCUT2D eigenvalue weighted by Crippen LogP contribution is 2.21. The number of amides is 2. The van der Waals surface area contributed by atoms with Crippen molar-refractivity contribution in [2.24, 2.45) is 0 Å². The van der Waals surface area contributed by atoms with Gasteiger partial charge >= 0.3 is 0 Å². The molecule has 0 atom stereocenters. The van der Waals surface area contributed by atoms with E-state index in [4.69, 9.17) is 0 Å². The van der Waals surface area contributed by atoms with Gasteiger partial charge in [-0.1, -0.05) is 42.5 Å². The molecule has 0 saturated heterocycles. The minimum atomic E-state index is -0.326. The van der Waals surface area contributed by atoms with Crippen LogP contribution in [0.2, 0.25) is 0 Å². The zero-order valence-corrected chi connectivity index (χ0v) is 14.4. The van der Waals surface area contributed by atoms with E-state index in [-0.39, 0.29) is 18.2 Å². The second-order valence-electron chi connectivity index (χ2n) is 4.96. The van der Waals surface area contributed by atoms with Crippen LogP contribution in [-0.2, 0) is 11.2 Å². The summed E-state index contributed by atoms with van der Waals surface area (Å²) in [6, 6.07) is 17.3. The standard InChI is InChI=1S/C17H13BrN2O2S/c18-15-8-7-14(23-15)17(22)20-19-16(21)10-11-5-6-12-3-1-2-4-13(12)9-11/h1-9H,10H2,(H,19,21)(H,20,22). The Morgan fingerprint density at radius 1 is 0.957 bits per heavy atom. The van der Waals surface area contributed by atoms with E-state index in [1.54, 1.807) is 12.1 Å². The predicted molar refractivity (Wildman–Crippen MR) is 95.3 cm³/mol. The number of halogens is 1. The van der Waals surface area contributed by atoms with Gasteiger partial charge in [-0.25, -0.2) is 0 Å². The first kappa shape index (κ1) is 15.7. The zero-order valence-electron chi connectivity index (χ0n) is 12.0. The fourth-order valence-electron chi connectivity index (χ4n) is 2.20. The lowest BCUT2D eigenvalue weighted by atomic mass is 10.1. The Bertz CT molecular complexity index is 876. The van der Waals surface area contributed by atoms with Crippen molar-refractivity contribution in [2.45, 2.75) is 6.42 Å². The van der Waals surface area contributed by atoms with E-state index in [0.717, 1.165) is 20.1 Å². The highest BCUT2D eigenvalue weighted by molar-refractivity contribution is 9.11. The first-order valence-electron chi connectivity index (χ1n) is 6.94. The molecular weight excluding hydrogens is 376 g/mol. The number of carbonyl (C=O) groups excluding carboxylic acids is 2. The molecule has 2 amide bonds. The third kappa shape index (κ3) is 3.97. The molecule has 0 aliphatic rings. The number of fused-ring (bicyclic) bond motifs is 1. The molecule has 0 unspecified atom stereocenters. The van der Waals surface area contributed by atoms with Gasteiger partial charge in [-0.15, -0.1) is 11.3 Å². The molecule has 0 saturated carbocycles. The Balaban J connectivity index is 1.59. The average molecular weight is 389 g/mol. The molecule has 0 aliphatic heterocycles. The van der Waals surface area contributed by atoms with E-state index in [1.165, 1.54) is 11.3 Å². The van der Waals surface area contributed by atoms with Crippen LogP contribution in [-0.4, -0.2) is 11.8 Å². The van der Waals surface area contributed by atoms with E-state index < -0.39 is 0 Å². The van der Waals surface area contributed by atoms with Crippen molar-refractivity contribution in [1.29, 1.82) is 0 Å². The fraction of sp³-hybridized carbons (Fsp3) is 0.0588. The molecule has 6 heteroatoms. The Labute approximate surface area is 145 Å². The van der Waals surface area contributed by atoms with Crippen molar-refractivity contribution in [3.05, 3.63) is 68.8 Å². The van der Waals surface area contributed by atoms with Crippen molar-refractivity contribution in [2.75, 3.05) is 0 Å². The molecule has 1 aromatic heterocycles. The number of hydrogen-bond donors (Lipinski definition) is 2. The zero-order chi connectivity index (χ0) is 16.2. The van der Waals surface area contributed by atoms with Crippen LogP contribution in [0.1, 0.15) is 15.2 Å². The molecule has 0 aliphatic carbocycles. The van der Waals surface area contributed by atoms with Crippen LogP contribution in [0.25, 0.3) is 10.8 Å². The predicted octanol–water partition coefficient (Wildman–Crippen LogP) is 3.67. The molecule has 3 rings (SSSR count). The molecule has 0 spiro atoms. The molecule has 2 aromatic carbocycles. The normalized spacial score (nSPS) is 10.5. The topological polar surface area (TPSA) is 58.2 Å². The van der Waals surface area contributed by atoms with Gasteiger partial charge in [-0.05, 0) is 44.4 Å². The third-order valence-electron chi connectivity index (χ3n) is 3.29. The average Bonchev–Trinajstić information content (AvgIpc) is 2.99. The first-order chi connectivity index (χ1) is 11.1. The van der Waals surface area contributed by atoms with Crippen LogP contribution in [0.15, 0.2) is 58.4 Å². The summed E-state index contributed by atoms with van der Waals surface area (Å²) >= 11 is 4.60.